The Labute approximate surface area is 197 Å². The van der Waals surface area contributed by atoms with Crippen molar-refractivity contribution in [3.05, 3.63) is 98.2 Å². The second kappa shape index (κ2) is 9.24. The van der Waals surface area contributed by atoms with Crippen molar-refractivity contribution in [1.29, 1.82) is 0 Å². The van der Waals surface area contributed by atoms with E-state index in [1.54, 1.807) is 42.5 Å². The largest absolute Gasteiger partial charge is 0.478 e. The predicted octanol–water partition coefficient (Wildman–Crippen LogP) is 7.12. The molecule has 0 amide bonds. The van der Waals surface area contributed by atoms with Crippen LogP contribution < -0.4 is 10.2 Å². The molecule has 0 atom stereocenters. The van der Waals surface area contributed by atoms with Gasteiger partial charge in [0.25, 0.3) is 0 Å². The third kappa shape index (κ3) is 4.71. The van der Waals surface area contributed by atoms with Crippen molar-refractivity contribution in [3.63, 3.8) is 0 Å². The number of fused-ring (bicyclic) bond motifs is 1. The smallest absolute Gasteiger partial charge is 0.235 e. The Bertz CT molecular complexity index is 1380. The number of carbonyl (C=O) groups excluding carboxylic acids is 1. The van der Waals surface area contributed by atoms with Crippen molar-refractivity contribution in [3.8, 4) is 17.1 Å². The zero-order valence-corrected chi connectivity index (χ0v) is 19.8. The summed E-state index contributed by atoms with van der Waals surface area (Å²) in [7, 11) is 0. The van der Waals surface area contributed by atoms with Crippen LogP contribution in [0.2, 0.25) is 5.02 Å². The molecule has 0 fully saturated rings. The van der Waals surface area contributed by atoms with Gasteiger partial charge in [0.1, 0.15) is 5.58 Å². The van der Waals surface area contributed by atoms with Crippen molar-refractivity contribution in [1.82, 2.24) is 0 Å². The summed E-state index contributed by atoms with van der Waals surface area (Å²) in [5, 5.41) is 0.982. The molecule has 168 valence electrons. The van der Waals surface area contributed by atoms with E-state index in [0.717, 1.165) is 16.7 Å². The summed E-state index contributed by atoms with van der Waals surface area (Å²) in [4.78, 5) is 26.2. The summed E-state index contributed by atoms with van der Waals surface area (Å²) in [5.74, 6) is 0.448. The van der Waals surface area contributed by atoms with E-state index in [2.05, 4.69) is 13.8 Å². The number of halogens is 1. The van der Waals surface area contributed by atoms with Gasteiger partial charge in [-0.2, -0.15) is 0 Å². The van der Waals surface area contributed by atoms with Gasteiger partial charge in [0, 0.05) is 16.1 Å². The molecular weight excluding hydrogens is 436 g/mol. The van der Waals surface area contributed by atoms with Crippen molar-refractivity contribution in [2.24, 2.45) is 0 Å². The van der Waals surface area contributed by atoms with Gasteiger partial charge in [0.05, 0.1) is 5.39 Å². The van der Waals surface area contributed by atoms with Crippen LogP contribution in [0.5, 0.6) is 5.75 Å². The quantitative estimate of drug-likeness (QED) is 0.287. The number of aryl methyl sites for hydroxylation is 2. The van der Waals surface area contributed by atoms with Crippen LogP contribution >= 0.6 is 11.6 Å². The van der Waals surface area contributed by atoms with E-state index in [1.165, 1.54) is 0 Å². The molecule has 1 aromatic heterocycles. The highest BCUT2D eigenvalue weighted by molar-refractivity contribution is 6.30. The lowest BCUT2D eigenvalue weighted by Gasteiger charge is -2.13. The Morgan fingerprint density at radius 2 is 1.61 bits per heavy atom. The summed E-state index contributed by atoms with van der Waals surface area (Å²) in [6, 6.07) is 18.0. The Balaban J connectivity index is 1.74. The molecule has 0 saturated carbocycles. The first-order chi connectivity index (χ1) is 15.7. The van der Waals surface area contributed by atoms with Gasteiger partial charge in [-0.1, -0.05) is 49.7 Å². The van der Waals surface area contributed by atoms with E-state index in [-0.39, 0.29) is 29.3 Å². The molecule has 0 spiro atoms. The number of hydrogen-bond donors (Lipinski definition) is 0. The molecule has 0 aliphatic heterocycles. The fourth-order valence-corrected chi connectivity index (χ4v) is 3.76. The summed E-state index contributed by atoms with van der Waals surface area (Å²) >= 11 is 6.04. The monoisotopic (exact) mass is 460 g/mol. The average Bonchev–Trinajstić information content (AvgIpc) is 2.80. The minimum absolute atomic E-state index is 0.0141. The predicted molar refractivity (Wildman–Crippen MR) is 133 cm³/mol. The maximum absolute atomic E-state index is 13.4. The molecule has 0 saturated heterocycles. The average molecular weight is 461 g/mol. The number of ketones is 1. The number of ether oxygens (including phenoxy) is 1. The molecule has 0 N–H and O–H groups in total. The highest BCUT2D eigenvalue weighted by atomic mass is 35.5. The third-order valence-corrected chi connectivity index (χ3v) is 6.07. The van der Waals surface area contributed by atoms with Crippen LogP contribution in [-0.4, -0.2) is 12.4 Å². The lowest BCUT2D eigenvalue weighted by atomic mass is 10.0. The summed E-state index contributed by atoms with van der Waals surface area (Å²) in [5.41, 5.74) is 4.47. The van der Waals surface area contributed by atoms with Gasteiger partial charge in [-0.25, -0.2) is 0 Å². The fraction of sp³-hybridized carbons (Fsp3) is 0.214. The van der Waals surface area contributed by atoms with E-state index in [1.807, 2.05) is 32.0 Å². The third-order valence-electron chi connectivity index (χ3n) is 5.82. The van der Waals surface area contributed by atoms with E-state index in [4.69, 9.17) is 20.8 Å². The van der Waals surface area contributed by atoms with Gasteiger partial charge in [-0.05, 0) is 72.9 Å². The first-order valence-electron chi connectivity index (χ1n) is 10.8. The highest BCUT2D eigenvalue weighted by Gasteiger charge is 2.20. The Morgan fingerprint density at radius 1 is 0.970 bits per heavy atom. The molecule has 0 bridgehead atoms. The zero-order chi connectivity index (χ0) is 23.7. The SMILES string of the molecule is Cc1cc2oc(-c3ccc(Cl)cc3)c(OCC(=O)c3ccc(C(C)C)cc3)c(=O)c2cc1C. The van der Waals surface area contributed by atoms with Gasteiger partial charge in [-0.3, -0.25) is 9.59 Å². The van der Waals surface area contributed by atoms with Crippen LogP contribution in [0.4, 0.5) is 0 Å². The number of benzene rings is 3. The van der Waals surface area contributed by atoms with Gasteiger partial charge in [0.2, 0.25) is 11.2 Å². The molecular formula is C28H25ClO4. The molecule has 4 rings (SSSR count). The second-order valence-electron chi connectivity index (χ2n) is 8.52. The minimum atomic E-state index is -0.313. The van der Waals surface area contributed by atoms with E-state index in [9.17, 15) is 9.59 Å². The molecule has 33 heavy (non-hydrogen) atoms. The molecule has 4 aromatic rings. The molecule has 4 nitrogen and oxygen atoms in total. The van der Waals surface area contributed by atoms with Crippen LogP contribution in [0.1, 0.15) is 46.8 Å². The molecule has 1 heterocycles. The Morgan fingerprint density at radius 3 is 2.24 bits per heavy atom. The number of Topliss-reactive ketones (excluding diaryl/α,β-unsaturated/α-hetero) is 1. The zero-order valence-electron chi connectivity index (χ0n) is 19.1. The van der Waals surface area contributed by atoms with Gasteiger partial charge < -0.3 is 9.15 Å². The standard InChI is InChI=1S/C28H25ClO4/c1-16(2)19-5-7-20(8-6-19)24(30)15-32-28-26(31)23-13-17(3)18(4)14-25(23)33-27(28)21-9-11-22(29)12-10-21/h5-14,16H,15H2,1-4H3. The van der Waals surface area contributed by atoms with Crippen LogP contribution in [0, 0.1) is 13.8 Å². The van der Waals surface area contributed by atoms with Crippen LogP contribution in [0.15, 0.2) is 69.9 Å². The first kappa shape index (κ1) is 22.8. The van der Waals surface area contributed by atoms with Crippen LogP contribution in [-0.2, 0) is 0 Å². The van der Waals surface area contributed by atoms with Crippen molar-refractivity contribution in [2.75, 3.05) is 6.61 Å². The van der Waals surface area contributed by atoms with Crippen molar-refractivity contribution < 1.29 is 13.9 Å². The number of hydrogen-bond acceptors (Lipinski definition) is 4. The highest BCUT2D eigenvalue weighted by Crippen LogP contribution is 2.32. The first-order valence-corrected chi connectivity index (χ1v) is 11.2. The molecule has 0 aliphatic carbocycles. The summed E-state index contributed by atoms with van der Waals surface area (Å²) in [6.07, 6.45) is 0. The number of rotatable bonds is 6. The topological polar surface area (TPSA) is 56.5 Å². The summed E-state index contributed by atoms with van der Waals surface area (Å²) in [6.45, 7) is 7.82. The van der Waals surface area contributed by atoms with Crippen molar-refractivity contribution >= 4 is 28.4 Å². The van der Waals surface area contributed by atoms with Crippen molar-refractivity contribution in [2.45, 2.75) is 33.6 Å². The van der Waals surface area contributed by atoms with Gasteiger partial charge in [0.15, 0.2) is 18.2 Å². The molecule has 3 aromatic carbocycles. The lowest BCUT2D eigenvalue weighted by molar-refractivity contribution is 0.0920. The molecule has 5 heteroatoms. The summed E-state index contributed by atoms with van der Waals surface area (Å²) < 4.78 is 12.0. The molecule has 0 aliphatic rings. The van der Waals surface area contributed by atoms with Gasteiger partial charge >= 0.3 is 0 Å². The number of carbonyl (C=O) groups is 1. The maximum Gasteiger partial charge on any atom is 0.235 e. The van der Waals surface area contributed by atoms with E-state index < -0.39 is 0 Å². The lowest BCUT2D eigenvalue weighted by Crippen LogP contribution is -2.17. The normalized spacial score (nSPS) is 11.2. The van der Waals surface area contributed by atoms with Crippen LogP contribution in [0.25, 0.3) is 22.3 Å². The molecule has 0 radical (unpaired) electrons. The van der Waals surface area contributed by atoms with E-state index in [0.29, 0.717) is 33.0 Å². The minimum Gasteiger partial charge on any atom is -0.478 e. The fourth-order valence-electron chi connectivity index (χ4n) is 3.63. The van der Waals surface area contributed by atoms with Gasteiger partial charge in [-0.15, -0.1) is 0 Å². The Kier molecular flexibility index (Phi) is 6.39. The maximum atomic E-state index is 13.4. The van der Waals surface area contributed by atoms with E-state index >= 15 is 0 Å². The Hall–Kier alpha value is -3.37. The second-order valence-corrected chi connectivity index (χ2v) is 8.95. The molecule has 0 unspecified atom stereocenters. The van der Waals surface area contributed by atoms with Crippen LogP contribution in [0.3, 0.4) is 0 Å².